The monoisotopic (exact) mass is 376 g/mol. The molecule has 0 aliphatic rings. The highest BCUT2D eigenvalue weighted by Gasteiger charge is 2.17. The highest BCUT2D eigenvalue weighted by Crippen LogP contribution is 2.30. The summed E-state index contributed by atoms with van der Waals surface area (Å²) in [7, 11) is 3.26. The van der Waals surface area contributed by atoms with Crippen molar-refractivity contribution in [3.05, 3.63) is 36.9 Å². The summed E-state index contributed by atoms with van der Waals surface area (Å²) in [5, 5.41) is 12.1. The fourth-order valence-corrected chi connectivity index (χ4v) is 3.12. The fraction of sp³-hybridized carbons (Fsp3) is 0.389. The SMILES string of the molecule is C=CCn1c(SCC(=O)NCCCOC)nnc1-c1ccccc1OC. The van der Waals surface area contributed by atoms with Gasteiger partial charge in [-0.3, -0.25) is 9.36 Å². The molecule has 0 bridgehead atoms. The lowest BCUT2D eigenvalue weighted by Crippen LogP contribution is -2.27. The molecule has 140 valence electrons. The minimum absolute atomic E-state index is 0.0434. The van der Waals surface area contributed by atoms with Gasteiger partial charge in [0.2, 0.25) is 5.91 Å². The molecule has 8 heteroatoms. The molecule has 0 unspecified atom stereocenters. The molecular weight excluding hydrogens is 352 g/mol. The van der Waals surface area contributed by atoms with Crippen LogP contribution in [-0.2, 0) is 16.1 Å². The number of para-hydroxylation sites is 1. The van der Waals surface area contributed by atoms with Gasteiger partial charge in [0, 0.05) is 26.8 Å². The number of methoxy groups -OCH3 is 2. The van der Waals surface area contributed by atoms with Crippen molar-refractivity contribution in [3.8, 4) is 17.1 Å². The average molecular weight is 376 g/mol. The molecule has 1 aromatic carbocycles. The van der Waals surface area contributed by atoms with Crippen molar-refractivity contribution in [2.75, 3.05) is 33.1 Å². The van der Waals surface area contributed by atoms with Crippen molar-refractivity contribution in [1.82, 2.24) is 20.1 Å². The Balaban J connectivity index is 2.09. The van der Waals surface area contributed by atoms with E-state index in [9.17, 15) is 4.79 Å². The van der Waals surface area contributed by atoms with Crippen LogP contribution in [0, 0.1) is 0 Å². The lowest BCUT2D eigenvalue weighted by atomic mass is 10.2. The predicted octanol–water partition coefficient (Wildman–Crippen LogP) is 2.38. The second-order valence-electron chi connectivity index (χ2n) is 5.39. The lowest BCUT2D eigenvalue weighted by Gasteiger charge is -2.10. The first kappa shape index (κ1) is 20.0. The Kier molecular flexibility index (Phi) is 8.17. The number of ether oxygens (including phenoxy) is 2. The number of benzene rings is 1. The van der Waals surface area contributed by atoms with Crippen LogP contribution in [0.15, 0.2) is 42.1 Å². The Labute approximate surface area is 157 Å². The third-order valence-electron chi connectivity index (χ3n) is 3.56. The summed E-state index contributed by atoms with van der Waals surface area (Å²) >= 11 is 1.35. The van der Waals surface area contributed by atoms with E-state index in [0.29, 0.717) is 30.7 Å². The van der Waals surface area contributed by atoms with Crippen LogP contribution in [0.3, 0.4) is 0 Å². The molecule has 0 saturated heterocycles. The Morgan fingerprint density at radius 1 is 1.35 bits per heavy atom. The van der Waals surface area contributed by atoms with E-state index < -0.39 is 0 Å². The Morgan fingerprint density at radius 2 is 2.15 bits per heavy atom. The number of thioether (sulfide) groups is 1. The second kappa shape index (κ2) is 10.6. The Hall–Kier alpha value is -2.32. The lowest BCUT2D eigenvalue weighted by molar-refractivity contribution is -0.118. The normalized spacial score (nSPS) is 10.5. The number of amides is 1. The van der Waals surface area contributed by atoms with Crippen LogP contribution in [0.5, 0.6) is 5.75 Å². The Bertz CT molecular complexity index is 733. The van der Waals surface area contributed by atoms with Crippen LogP contribution >= 0.6 is 11.8 Å². The van der Waals surface area contributed by atoms with Crippen molar-refractivity contribution in [2.24, 2.45) is 0 Å². The van der Waals surface area contributed by atoms with E-state index in [4.69, 9.17) is 9.47 Å². The Morgan fingerprint density at radius 3 is 2.88 bits per heavy atom. The van der Waals surface area contributed by atoms with E-state index in [-0.39, 0.29) is 11.7 Å². The number of nitrogens with zero attached hydrogens (tertiary/aromatic N) is 3. The number of rotatable bonds is 11. The third-order valence-corrected chi connectivity index (χ3v) is 4.52. The van der Waals surface area contributed by atoms with Crippen LogP contribution in [0.2, 0.25) is 0 Å². The van der Waals surface area contributed by atoms with E-state index in [0.717, 1.165) is 17.7 Å². The predicted molar refractivity (Wildman–Crippen MR) is 102 cm³/mol. The van der Waals surface area contributed by atoms with Crippen LogP contribution < -0.4 is 10.1 Å². The third kappa shape index (κ3) is 5.34. The summed E-state index contributed by atoms with van der Waals surface area (Å²) in [6.45, 7) is 5.56. The number of allylic oxidation sites excluding steroid dienone is 1. The molecule has 7 nitrogen and oxygen atoms in total. The van der Waals surface area contributed by atoms with Gasteiger partial charge in [-0.2, -0.15) is 0 Å². The first-order valence-corrected chi connectivity index (χ1v) is 9.25. The minimum Gasteiger partial charge on any atom is -0.496 e. The average Bonchev–Trinajstić information content (AvgIpc) is 3.06. The zero-order valence-electron chi connectivity index (χ0n) is 15.1. The van der Waals surface area contributed by atoms with Gasteiger partial charge < -0.3 is 14.8 Å². The van der Waals surface area contributed by atoms with Crippen molar-refractivity contribution in [3.63, 3.8) is 0 Å². The topological polar surface area (TPSA) is 78.3 Å². The maximum atomic E-state index is 12.0. The van der Waals surface area contributed by atoms with Gasteiger partial charge in [-0.15, -0.1) is 16.8 Å². The molecular formula is C18H24N4O3S. The summed E-state index contributed by atoms with van der Waals surface area (Å²) in [6, 6.07) is 7.63. The van der Waals surface area contributed by atoms with Crippen LogP contribution in [0.25, 0.3) is 11.4 Å². The number of carbonyl (C=O) groups is 1. The molecule has 0 radical (unpaired) electrons. The zero-order chi connectivity index (χ0) is 18.8. The number of aromatic nitrogens is 3. The van der Waals surface area contributed by atoms with Crippen molar-refractivity contribution in [2.45, 2.75) is 18.1 Å². The molecule has 1 N–H and O–H groups in total. The smallest absolute Gasteiger partial charge is 0.230 e. The summed E-state index contributed by atoms with van der Waals surface area (Å²) in [4.78, 5) is 12.0. The first-order chi connectivity index (χ1) is 12.7. The molecule has 0 atom stereocenters. The summed E-state index contributed by atoms with van der Waals surface area (Å²) in [6.07, 6.45) is 2.56. The summed E-state index contributed by atoms with van der Waals surface area (Å²) < 4.78 is 12.3. The highest BCUT2D eigenvalue weighted by molar-refractivity contribution is 7.99. The molecule has 0 fully saturated rings. The summed E-state index contributed by atoms with van der Waals surface area (Å²) in [5.41, 5.74) is 0.847. The maximum absolute atomic E-state index is 12.0. The number of nitrogens with one attached hydrogen (secondary N) is 1. The van der Waals surface area contributed by atoms with E-state index in [1.165, 1.54) is 11.8 Å². The van der Waals surface area contributed by atoms with Gasteiger partial charge in [-0.05, 0) is 18.6 Å². The molecule has 26 heavy (non-hydrogen) atoms. The van der Waals surface area contributed by atoms with Gasteiger partial charge in [0.15, 0.2) is 11.0 Å². The quantitative estimate of drug-likeness (QED) is 0.369. The summed E-state index contributed by atoms with van der Waals surface area (Å²) in [5.74, 6) is 1.63. The molecule has 0 aliphatic carbocycles. The molecule has 0 spiro atoms. The molecule has 2 rings (SSSR count). The van der Waals surface area contributed by atoms with Gasteiger partial charge in [0.1, 0.15) is 5.75 Å². The fourth-order valence-electron chi connectivity index (χ4n) is 2.34. The standard InChI is InChI=1S/C18H24N4O3S/c1-4-11-22-17(14-8-5-6-9-15(14)25-3)20-21-18(22)26-13-16(23)19-10-7-12-24-2/h4-6,8-9H,1,7,10-13H2,2-3H3,(H,19,23). The van der Waals surface area contributed by atoms with Crippen molar-refractivity contribution in [1.29, 1.82) is 0 Å². The molecule has 0 saturated carbocycles. The molecule has 2 aromatic rings. The largest absolute Gasteiger partial charge is 0.496 e. The number of carbonyl (C=O) groups excluding carboxylic acids is 1. The van der Waals surface area contributed by atoms with Crippen LogP contribution in [0.1, 0.15) is 6.42 Å². The van der Waals surface area contributed by atoms with E-state index in [2.05, 4.69) is 22.1 Å². The van der Waals surface area contributed by atoms with Gasteiger partial charge in [-0.1, -0.05) is 30.0 Å². The van der Waals surface area contributed by atoms with E-state index >= 15 is 0 Å². The number of hydrogen-bond acceptors (Lipinski definition) is 6. The molecule has 1 heterocycles. The van der Waals surface area contributed by atoms with Gasteiger partial charge in [0.05, 0.1) is 18.4 Å². The van der Waals surface area contributed by atoms with E-state index in [1.807, 2.05) is 28.8 Å². The van der Waals surface area contributed by atoms with Gasteiger partial charge >= 0.3 is 0 Å². The van der Waals surface area contributed by atoms with Crippen molar-refractivity contribution < 1.29 is 14.3 Å². The number of hydrogen-bond donors (Lipinski definition) is 1. The maximum Gasteiger partial charge on any atom is 0.230 e. The minimum atomic E-state index is -0.0434. The van der Waals surface area contributed by atoms with Crippen molar-refractivity contribution >= 4 is 17.7 Å². The van der Waals surface area contributed by atoms with Gasteiger partial charge in [0.25, 0.3) is 0 Å². The molecule has 1 aromatic heterocycles. The zero-order valence-corrected chi connectivity index (χ0v) is 15.9. The second-order valence-corrected chi connectivity index (χ2v) is 6.33. The van der Waals surface area contributed by atoms with Crippen LogP contribution in [0.4, 0.5) is 0 Å². The van der Waals surface area contributed by atoms with E-state index in [1.54, 1.807) is 20.3 Å². The molecule has 0 aliphatic heterocycles. The highest BCUT2D eigenvalue weighted by atomic mass is 32.2. The molecule has 1 amide bonds. The van der Waals surface area contributed by atoms with Crippen LogP contribution in [-0.4, -0.2) is 53.8 Å². The van der Waals surface area contributed by atoms with Gasteiger partial charge in [-0.25, -0.2) is 0 Å². The first-order valence-electron chi connectivity index (χ1n) is 8.27.